The number of carbonyl (C=O) groups excluding carboxylic acids is 1. The Kier molecular flexibility index (Phi) is 6.12. The van der Waals surface area contributed by atoms with E-state index in [1.165, 1.54) is 25.6 Å². The number of aromatic nitrogens is 3. The average molecular weight is 433 g/mol. The van der Waals surface area contributed by atoms with Gasteiger partial charge in [0.25, 0.3) is 0 Å². The van der Waals surface area contributed by atoms with Crippen LogP contribution in [0, 0.1) is 11.6 Å². The molecule has 0 saturated carbocycles. The van der Waals surface area contributed by atoms with Crippen LogP contribution in [0.25, 0.3) is 11.3 Å². The summed E-state index contributed by atoms with van der Waals surface area (Å²) in [5.74, 6) is -1.03. The fraction of sp³-hybridized carbons (Fsp3) is 0.0833. The molecular formula is C24H17F2N3O3. The van der Waals surface area contributed by atoms with Gasteiger partial charge in [-0.25, -0.2) is 13.8 Å². The lowest BCUT2D eigenvalue weighted by molar-refractivity contribution is 0.0983. The Morgan fingerprint density at radius 1 is 0.938 bits per heavy atom. The minimum Gasteiger partial charge on any atom is -0.496 e. The molecule has 4 rings (SSSR count). The maximum absolute atomic E-state index is 13.8. The molecule has 0 spiro atoms. The van der Waals surface area contributed by atoms with Crippen LogP contribution in [0.1, 0.15) is 16.1 Å². The van der Waals surface area contributed by atoms with Gasteiger partial charge in [-0.1, -0.05) is 12.1 Å². The highest BCUT2D eigenvalue weighted by Gasteiger charge is 2.18. The fourth-order valence-corrected chi connectivity index (χ4v) is 3.08. The lowest BCUT2D eigenvalue weighted by Gasteiger charge is -2.11. The van der Waals surface area contributed by atoms with Crippen molar-refractivity contribution >= 4 is 5.78 Å². The number of halogens is 2. The van der Waals surface area contributed by atoms with Crippen LogP contribution in [0.15, 0.2) is 73.2 Å². The number of rotatable bonds is 7. The molecule has 0 N–H and O–H groups in total. The first kappa shape index (κ1) is 21.0. The smallest absolute Gasteiger partial charge is 0.219 e. The third-order valence-corrected chi connectivity index (χ3v) is 4.60. The number of carbonyl (C=O) groups is 1. The van der Waals surface area contributed by atoms with Crippen molar-refractivity contribution in [2.45, 2.75) is 6.42 Å². The van der Waals surface area contributed by atoms with Crippen LogP contribution in [-0.4, -0.2) is 27.8 Å². The molecule has 2 aromatic carbocycles. The molecule has 32 heavy (non-hydrogen) atoms. The summed E-state index contributed by atoms with van der Waals surface area (Å²) >= 11 is 0. The van der Waals surface area contributed by atoms with Gasteiger partial charge in [0.05, 0.1) is 36.7 Å². The maximum atomic E-state index is 13.8. The zero-order valence-corrected chi connectivity index (χ0v) is 17.0. The van der Waals surface area contributed by atoms with Crippen LogP contribution in [0.4, 0.5) is 8.78 Å². The van der Waals surface area contributed by atoms with Gasteiger partial charge in [0, 0.05) is 24.0 Å². The summed E-state index contributed by atoms with van der Waals surface area (Å²) in [6.07, 6.45) is 4.18. The van der Waals surface area contributed by atoms with E-state index in [1.54, 1.807) is 36.5 Å². The second-order valence-corrected chi connectivity index (χ2v) is 6.72. The fourth-order valence-electron chi connectivity index (χ4n) is 3.08. The summed E-state index contributed by atoms with van der Waals surface area (Å²) in [5.41, 5.74) is 0.786. The van der Waals surface area contributed by atoms with Crippen molar-refractivity contribution in [3.63, 3.8) is 0 Å². The molecule has 0 radical (unpaired) electrons. The maximum Gasteiger partial charge on any atom is 0.219 e. The number of ketones is 1. The molecule has 4 aromatic rings. The largest absolute Gasteiger partial charge is 0.496 e. The summed E-state index contributed by atoms with van der Waals surface area (Å²) in [6.45, 7) is 0. The second kappa shape index (κ2) is 9.30. The molecule has 160 valence electrons. The van der Waals surface area contributed by atoms with E-state index in [-0.39, 0.29) is 12.1 Å². The van der Waals surface area contributed by atoms with Crippen molar-refractivity contribution < 1.29 is 23.0 Å². The Morgan fingerprint density at radius 3 is 2.41 bits per heavy atom. The molecular weight excluding hydrogens is 416 g/mol. The first-order valence-corrected chi connectivity index (χ1v) is 9.60. The molecule has 0 aliphatic carbocycles. The van der Waals surface area contributed by atoms with Gasteiger partial charge in [-0.2, -0.15) is 0 Å². The van der Waals surface area contributed by atoms with Crippen LogP contribution >= 0.6 is 0 Å². The number of hydrogen-bond acceptors (Lipinski definition) is 6. The van der Waals surface area contributed by atoms with E-state index in [9.17, 15) is 13.6 Å². The van der Waals surface area contributed by atoms with Gasteiger partial charge in [0.15, 0.2) is 5.78 Å². The normalized spacial score (nSPS) is 10.6. The Labute approximate surface area is 182 Å². The molecule has 0 unspecified atom stereocenters. The van der Waals surface area contributed by atoms with Crippen molar-refractivity contribution in [3.8, 4) is 28.6 Å². The minimum absolute atomic E-state index is 0.279. The molecule has 0 bridgehead atoms. The monoisotopic (exact) mass is 433 g/mol. The van der Waals surface area contributed by atoms with E-state index in [0.29, 0.717) is 28.6 Å². The van der Waals surface area contributed by atoms with Crippen molar-refractivity contribution in [2.24, 2.45) is 0 Å². The molecule has 2 aromatic heterocycles. The predicted octanol–water partition coefficient (Wildman–Crippen LogP) is 5.04. The van der Waals surface area contributed by atoms with E-state index in [2.05, 4.69) is 15.0 Å². The zero-order chi connectivity index (χ0) is 22.5. The number of methoxy groups -OCH3 is 1. The van der Waals surface area contributed by atoms with Crippen molar-refractivity contribution in [1.29, 1.82) is 0 Å². The van der Waals surface area contributed by atoms with E-state index < -0.39 is 23.0 Å². The van der Waals surface area contributed by atoms with E-state index >= 15 is 0 Å². The van der Waals surface area contributed by atoms with Crippen molar-refractivity contribution in [3.05, 3.63) is 96.1 Å². The number of hydrogen-bond donors (Lipinski definition) is 0. The SMILES string of the molecule is COc1ccc(Oc2ccccn2)cc1-c1cnc(CC(=O)c2c(F)cccc2F)cn1. The molecule has 0 saturated heterocycles. The minimum atomic E-state index is -0.908. The van der Waals surface area contributed by atoms with E-state index in [4.69, 9.17) is 9.47 Å². The van der Waals surface area contributed by atoms with Gasteiger partial charge in [0.2, 0.25) is 5.88 Å². The van der Waals surface area contributed by atoms with Crippen molar-refractivity contribution in [2.75, 3.05) is 7.11 Å². The van der Waals surface area contributed by atoms with E-state index in [0.717, 1.165) is 12.1 Å². The summed E-state index contributed by atoms with van der Waals surface area (Å²) in [7, 11) is 1.53. The predicted molar refractivity (Wildman–Crippen MR) is 113 cm³/mol. The van der Waals surface area contributed by atoms with Crippen LogP contribution in [-0.2, 0) is 6.42 Å². The molecule has 8 heteroatoms. The quantitative estimate of drug-likeness (QED) is 0.380. The van der Waals surface area contributed by atoms with Gasteiger partial charge in [-0.3, -0.25) is 14.8 Å². The number of pyridine rings is 1. The molecule has 6 nitrogen and oxygen atoms in total. The molecule has 2 heterocycles. The highest BCUT2D eigenvalue weighted by Crippen LogP contribution is 2.33. The molecule has 0 aliphatic rings. The van der Waals surface area contributed by atoms with Gasteiger partial charge < -0.3 is 9.47 Å². The number of ether oxygens (including phenoxy) is 2. The van der Waals surface area contributed by atoms with Crippen LogP contribution in [0.5, 0.6) is 17.4 Å². The lowest BCUT2D eigenvalue weighted by Crippen LogP contribution is -2.10. The number of benzene rings is 2. The second-order valence-electron chi connectivity index (χ2n) is 6.72. The van der Waals surface area contributed by atoms with Gasteiger partial charge in [0.1, 0.15) is 23.1 Å². The summed E-state index contributed by atoms with van der Waals surface area (Å²) in [4.78, 5) is 25.0. The lowest BCUT2D eigenvalue weighted by atomic mass is 10.1. The van der Waals surface area contributed by atoms with Crippen LogP contribution in [0.3, 0.4) is 0 Å². The number of Topliss-reactive ketones (excluding diaryl/α,β-unsaturated/α-hetero) is 1. The standard InChI is InChI=1S/C24H17F2N3O3/c1-31-22-9-8-16(32-23-7-2-3-10-27-23)12-17(22)20-14-28-15(13-29-20)11-21(30)24-18(25)5-4-6-19(24)26/h2-10,12-14H,11H2,1H3. The first-order chi connectivity index (χ1) is 15.5. The Bertz CT molecular complexity index is 1230. The van der Waals surface area contributed by atoms with Gasteiger partial charge >= 0.3 is 0 Å². The Balaban J connectivity index is 1.57. The Hall–Kier alpha value is -4.20. The van der Waals surface area contributed by atoms with E-state index in [1.807, 2.05) is 6.07 Å². The molecule has 0 fully saturated rings. The van der Waals surface area contributed by atoms with Crippen LogP contribution < -0.4 is 9.47 Å². The third kappa shape index (κ3) is 4.59. The summed E-state index contributed by atoms with van der Waals surface area (Å²) in [6, 6.07) is 13.8. The molecule has 0 amide bonds. The van der Waals surface area contributed by atoms with Crippen LogP contribution in [0.2, 0.25) is 0 Å². The van der Waals surface area contributed by atoms with Gasteiger partial charge in [-0.15, -0.1) is 0 Å². The average Bonchev–Trinajstić information content (AvgIpc) is 2.80. The zero-order valence-electron chi connectivity index (χ0n) is 17.0. The summed E-state index contributed by atoms with van der Waals surface area (Å²) < 4.78 is 38.8. The van der Waals surface area contributed by atoms with Gasteiger partial charge in [-0.05, 0) is 36.4 Å². The summed E-state index contributed by atoms with van der Waals surface area (Å²) in [5, 5.41) is 0. The molecule has 0 atom stereocenters. The third-order valence-electron chi connectivity index (χ3n) is 4.60. The molecule has 0 aliphatic heterocycles. The highest BCUT2D eigenvalue weighted by atomic mass is 19.1. The first-order valence-electron chi connectivity index (χ1n) is 9.60. The topological polar surface area (TPSA) is 74.2 Å². The van der Waals surface area contributed by atoms with Crippen molar-refractivity contribution in [1.82, 2.24) is 15.0 Å². The highest BCUT2D eigenvalue weighted by molar-refractivity contribution is 5.97. The number of nitrogens with zero attached hydrogens (tertiary/aromatic N) is 3. The Morgan fingerprint density at radius 2 is 1.75 bits per heavy atom.